The highest BCUT2D eigenvalue weighted by Crippen LogP contribution is 2.23. The van der Waals surface area contributed by atoms with Crippen LogP contribution in [-0.2, 0) is 27.2 Å². The molecule has 0 bridgehead atoms. The molecule has 1 aliphatic rings. The fraction of sp³-hybridized carbons (Fsp3) is 0.444. The van der Waals surface area contributed by atoms with Crippen molar-refractivity contribution in [1.82, 2.24) is 10.6 Å². The van der Waals surface area contributed by atoms with Gasteiger partial charge in [0, 0.05) is 25.1 Å². The van der Waals surface area contributed by atoms with Crippen LogP contribution >= 0.6 is 0 Å². The van der Waals surface area contributed by atoms with Gasteiger partial charge in [0.2, 0.25) is 17.7 Å². The van der Waals surface area contributed by atoms with Gasteiger partial charge in [0.05, 0.1) is 6.61 Å². The predicted molar refractivity (Wildman–Crippen MR) is 191 cm³/mol. The predicted octanol–water partition coefficient (Wildman–Crippen LogP) is 2.53. The molecule has 0 spiro atoms. The van der Waals surface area contributed by atoms with E-state index in [-0.39, 0.29) is 24.7 Å². The minimum atomic E-state index is -1.08. The lowest BCUT2D eigenvalue weighted by Gasteiger charge is -2.26. The summed E-state index contributed by atoms with van der Waals surface area (Å²) in [5.74, 6) is -0.396. The maximum atomic E-state index is 14.1. The molecule has 1 heterocycles. The fourth-order valence-electron chi connectivity index (χ4n) is 5.58. The van der Waals surface area contributed by atoms with Gasteiger partial charge in [-0.15, -0.1) is 0 Å². The van der Waals surface area contributed by atoms with Crippen LogP contribution in [-0.4, -0.2) is 66.6 Å². The molecule has 3 atom stereocenters. The van der Waals surface area contributed by atoms with Crippen LogP contribution in [0.5, 0.6) is 5.75 Å². The summed E-state index contributed by atoms with van der Waals surface area (Å²) >= 11 is 0. The van der Waals surface area contributed by atoms with Gasteiger partial charge in [-0.3, -0.25) is 14.6 Å². The molecule has 48 heavy (non-hydrogen) atoms. The van der Waals surface area contributed by atoms with Gasteiger partial charge >= 0.3 is 0 Å². The van der Waals surface area contributed by atoms with Gasteiger partial charge < -0.3 is 43.4 Å². The second kappa shape index (κ2) is 19.2. The van der Waals surface area contributed by atoms with Gasteiger partial charge in [-0.25, -0.2) is 4.99 Å². The highest BCUT2D eigenvalue weighted by atomic mass is 16.5. The Kier molecular flexibility index (Phi) is 15.1. The molecule has 3 rings (SSSR count). The highest BCUT2D eigenvalue weighted by Gasteiger charge is 2.29. The summed E-state index contributed by atoms with van der Waals surface area (Å²) in [6.45, 7) is 8.93. The second-order valence-corrected chi connectivity index (χ2v) is 12.1. The van der Waals surface area contributed by atoms with Crippen LogP contribution in [0.2, 0.25) is 0 Å². The van der Waals surface area contributed by atoms with E-state index >= 15 is 0 Å². The first-order valence-electron chi connectivity index (χ1n) is 16.5. The Hall–Kier alpha value is -4.68. The van der Waals surface area contributed by atoms with Crippen LogP contribution < -0.4 is 33.6 Å². The lowest BCUT2D eigenvalue weighted by molar-refractivity contribution is -0.129. The monoisotopic (exact) mass is 660 g/mol. The van der Waals surface area contributed by atoms with Crippen molar-refractivity contribution in [3.05, 3.63) is 88.6 Å². The van der Waals surface area contributed by atoms with E-state index < -0.39 is 29.9 Å². The average molecular weight is 661 g/mol. The zero-order chi connectivity index (χ0) is 35.1. The van der Waals surface area contributed by atoms with Crippen molar-refractivity contribution in [1.29, 1.82) is 0 Å². The summed E-state index contributed by atoms with van der Waals surface area (Å²) in [4.78, 5) is 36.3. The summed E-state index contributed by atoms with van der Waals surface area (Å²) in [7, 11) is 0. The van der Waals surface area contributed by atoms with Crippen molar-refractivity contribution in [2.75, 3.05) is 19.7 Å². The molecular formula is C36H52N8O4. The Labute approximate surface area is 283 Å². The number of nitrogens with two attached hydrogens (primary N) is 4. The highest BCUT2D eigenvalue weighted by molar-refractivity contribution is 5.94. The summed E-state index contributed by atoms with van der Waals surface area (Å²) in [6, 6.07) is 10.9. The molecule has 1 aliphatic heterocycles. The molecule has 12 nitrogen and oxygen atoms in total. The number of nitrogens with zero attached hydrogens (tertiary/aromatic N) is 2. The number of phenolic OH excluding ortho intramolecular Hbond substituents is 1. The quantitative estimate of drug-likeness (QED) is 0.0544. The van der Waals surface area contributed by atoms with Gasteiger partial charge in [0.25, 0.3) is 0 Å². The van der Waals surface area contributed by atoms with Crippen LogP contribution in [0.1, 0.15) is 60.8 Å². The zero-order valence-corrected chi connectivity index (χ0v) is 28.2. The van der Waals surface area contributed by atoms with Gasteiger partial charge in [0.15, 0.2) is 5.96 Å². The SMILES string of the molecule is C=C(CCN=C(N)N)[C@@H](N)C(=O)N[C@@H](CCc1c(C)cc(O)cc1C)C(=O)N[C@@H](CCCCN)C1=NC(Cc2ccccc2)=CCCO1. The van der Waals surface area contributed by atoms with Crippen molar-refractivity contribution >= 4 is 23.7 Å². The molecule has 12 heteroatoms. The normalized spacial score (nSPS) is 14.7. The number of aromatic hydroxyl groups is 1. The molecule has 0 unspecified atom stereocenters. The third kappa shape index (κ3) is 12.2. The lowest BCUT2D eigenvalue weighted by atomic mass is 9.95. The maximum Gasteiger partial charge on any atom is 0.243 e. The molecular weight excluding hydrogens is 608 g/mol. The standard InChI is InChI=1S/C36H52N8O4/c1-23(16-18-41-36(39)40)32(38)34(47)43-30(15-14-29-24(2)20-28(45)21-25(29)3)33(46)44-31(13-7-8-17-37)35-42-27(12-9-19-48-35)22-26-10-5-4-6-11-26/h4-6,10-12,20-21,30-32,45H,1,7-9,13-19,22,37-38H2,2-3H3,(H,43,47)(H,44,46)(H4,39,40,41)/t30-,31-,32+/m0/s1. The van der Waals surface area contributed by atoms with E-state index in [1.807, 2.05) is 44.2 Å². The molecule has 2 aromatic rings. The number of carbonyl (C=O) groups is 2. The first kappa shape index (κ1) is 37.8. The molecule has 0 fully saturated rings. The topological polar surface area (TPSA) is 216 Å². The number of allylic oxidation sites excluding steroid dienone is 1. The van der Waals surface area contributed by atoms with E-state index in [4.69, 9.17) is 32.7 Å². The number of rotatable bonds is 18. The minimum absolute atomic E-state index is 0.0664. The lowest BCUT2D eigenvalue weighted by Crippen LogP contribution is -2.55. The fourth-order valence-corrected chi connectivity index (χ4v) is 5.58. The minimum Gasteiger partial charge on any atom is -0.508 e. The number of carbonyl (C=O) groups excluding carboxylic acids is 2. The van der Waals surface area contributed by atoms with Gasteiger partial charge in [-0.1, -0.05) is 43.0 Å². The number of aryl methyl sites for hydroxylation is 2. The molecule has 0 aliphatic carbocycles. The van der Waals surface area contributed by atoms with Crippen molar-refractivity contribution in [2.45, 2.75) is 83.3 Å². The Balaban J connectivity index is 1.85. The first-order chi connectivity index (χ1) is 23.0. The summed E-state index contributed by atoms with van der Waals surface area (Å²) in [6.07, 6.45) is 6.49. The molecule has 260 valence electrons. The number of aliphatic imine (C=N–C) groups is 2. The summed E-state index contributed by atoms with van der Waals surface area (Å²) in [5, 5.41) is 16.0. The molecule has 11 N–H and O–H groups in total. The van der Waals surface area contributed by atoms with Crippen LogP contribution in [0.25, 0.3) is 0 Å². The maximum absolute atomic E-state index is 14.1. The number of unbranched alkanes of at least 4 members (excludes halogenated alkanes) is 1. The van der Waals surface area contributed by atoms with E-state index in [1.165, 1.54) is 0 Å². The van der Waals surface area contributed by atoms with Gasteiger partial charge in [0.1, 0.15) is 23.9 Å². The van der Waals surface area contributed by atoms with Crippen LogP contribution in [0.15, 0.2) is 76.4 Å². The average Bonchev–Trinajstić information content (AvgIpc) is 3.28. The Morgan fingerprint density at radius 2 is 1.77 bits per heavy atom. The van der Waals surface area contributed by atoms with Crippen LogP contribution in [0.4, 0.5) is 0 Å². The van der Waals surface area contributed by atoms with E-state index in [0.29, 0.717) is 56.7 Å². The van der Waals surface area contributed by atoms with Crippen molar-refractivity contribution < 1.29 is 19.4 Å². The molecule has 0 radical (unpaired) electrons. The Morgan fingerprint density at radius 1 is 1.06 bits per heavy atom. The largest absolute Gasteiger partial charge is 0.508 e. The Bertz CT molecular complexity index is 1460. The van der Waals surface area contributed by atoms with E-state index in [0.717, 1.165) is 40.8 Å². The van der Waals surface area contributed by atoms with Gasteiger partial charge in [-0.2, -0.15) is 0 Å². The number of amides is 2. The van der Waals surface area contributed by atoms with Crippen LogP contribution in [0, 0.1) is 13.8 Å². The number of hydrogen-bond donors (Lipinski definition) is 7. The zero-order valence-electron chi connectivity index (χ0n) is 28.2. The third-order valence-electron chi connectivity index (χ3n) is 8.24. The number of ether oxygens (including phenoxy) is 1. The van der Waals surface area contributed by atoms with Crippen molar-refractivity contribution in [3.63, 3.8) is 0 Å². The van der Waals surface area contributed by atoms with E-state index in [9.17, 15) is 14.7 Å². The molecule has 2 amide bonds. The number of hydrogen-bond acceptors (Lipinski definition) is 8. The first-order valence-corrected chi connectivity index (χ1v) is 16.5. The number of guanidine groups is 1. The second-order valence-electron chi connectivity index (χ2n) is 12.1. The molecule has 0 saturated heterocycles. The molecule has 2 aromatic carbocycles. The van der Waals surface area contributed by atoms with Gasteiger partial charge in [-0.05, 0) is 98.9 Å². The van der Waals surface area contributed by atoms with Crippen LogP contribution in [0.3, 0.4) is 0 Å². The summed E-state index contributed by atoms with van der Waals surface area (Å²) in [5.41, 5.74) is 28.0. The smallest absolute Gasteiger partial charge is 0.243 e. The molecule has 0 aromatic heterocycles. The van der Waals surface area contributed by atoms with Crippen molar-refractivity contribution in [2.24, 2.45) is 32.9 Å². The summed E-state index contributed by atoms with van der Waals surface area (Å²) < 4.78 is 6.10. The van der Waals surface area contributed by atoms with E-state index in [2.05, 4.69) is 28.3 Å². The number of benzene rings is 2. The number of phenols is 1. The number of nitrogens with one attached hydrogen (secondary N) is 2. The van der Waals surface area contributed by atoms with Crippen molar-refractivity contribution in [3.8, 4) is 5.75 Å². The van der Waals surface area contributed by atoms with E-state index in [1.54, 1.807) is 12.1 Å². The third-order valence-corrected chi connectivity index (χ3v) is 8.24. The molecule has 0 saturated carbocycles. The Morgan fingerprint density at radius 3 is 2.44 bits per heavy atom.